The maximum absolute atomic E-state index is 12.1. The third kappa shape index (κ3) is 5.81. The highest BCUT2D eigenvalue weighted by Crippen LogP contribution is 2.25. The Morgan fingerprint density at radius 2 is 1.83 bits per heavy atom. The number of hydrogen-bond acceptors (Lipinski definition) is 4. The lowest BCUT2D eigenvalue weighted by Gasteiger charge is -2.18. The summed E-state index contributed by atoms with van der Waals surface area (Å²) in [6, 6.07) is 13.3. The molecule has 0 aliphatic heterocycles. The number of aryl methyl sites for hydroxylation is 1. The van der Waals surface area contributed by atoms with Crippen molar-refractivity contribution in [2.24, 2.45) is 0 Å². The lowest BCUT2D eigenvalue weighted by atomic mass is 9.87. The first-order valence-corrected chi connectivity index (χ1v) is 10.1. The van der Waals surface area contributed by atoms with Gasteiger partial charge in [-0.05, 0) is 35.1 Å². The molecule has 0 atom stereocenters. The van der Waals surface area contributed by atoms with Crippen LogP contribution in [0.5, 0.6) is 0 Å². The number of nitrogens with one attached hydrogen (secondary N) is 1. The van der Waals surface area contributed by atoms with Gasteiger partial charge in [-0.2, -0.15) is 4.98 Å². The molecule has 3 aromatic rings. The van der Waals surface area contributed by atoms with Crippen molar-refractivity contribution in [3.05, 3.63) is 69.5 Å². The van der Waals surface area contributed by atoms with Crippen LogP contribution in [0.3, 0.4) is 0 Å². The summed E-state index contributed by atoms with van der Waals surface area (Å²) >= 11 is 12.0. The predicted molar refractivity (Wildman–Crippen MR) is 115 cm³/mol. The summed E-state index contributed by atoms with van der Waals surface area (Å²) in [4.78, 5) is 16.5. The van der Waals surface area contributed by atoms with E-state index < -0.39 is 0 Å². The van der Waals surface area contributed by atoms with Gasteiger partial charge in [0, 0.05) is 22.0 Å². The van der Waals surface area contributed by atoms with Crippen LogP contribution in [0.1, 0.15) is 44.2 Å². The van der Waals surface area contributed by atoms with E-state index in [1.807, 2.05) is 18.2 Å². The van der Waals surface area contributed by atoms with Crippen LogP contribution in [-0.2, 0) is 23.2 Å². The van der Waals surface area contributed by atoms with Crippen molar-refractivity contribution in [1.82, 2.24) is 15.5 Å². The van der Waals surface area contributed by atoms with Gasteiger partial charge in [0.05, 0.1) is 6.54 Å². The van der Waals surface area contributed by atoms with Gasteiger partial charge in [0.15, 0.2) is 0 Å². The van der Waals surface area contributed by atoms with Crippen LogP contribution in [0.4, 0.5) is 0 Å². The summed E-state index contributed by atoms with van der Waals surface area (Å²) in [7, 11) is 0. The van der Waals surface area contributed by atoms with Gasteiger partial charge < -0.3 is 9.84 Å². The predicted octanol–water partition coefficient (Wildman–Crippen LogP) is 5.59. The fourth-order valence-electron chi connectivity index (χ4n) is 2.80. The number of amides is 1. The van der Waals surface area contributed by atoms with Crippen LogP contribution in [0, 0.1) is 0 Å². The summed E-state index contributed by atoms with van der Waals surface area (Å²) < 4.78 is 5.25. The van der Waals surface area contributed by atoms with Gasteiger partial charge in [0.25, 0.3) is 0 Å². The number of nitrogens with zero attached hydrogens (tertiary/aromatic N) is 2. The number of carbonyl (C=O) groups excluding carboxylic acids is 1. The second-order valence-electron chi connectivity index (χ2n) is 7.85. The van der Waals surface area contributed by atoms with Gasteiger partial charge in [0.2, 0.25) is 17.6 Å². The zero-order valence-corrected chi connectivity index (χ0v) is 18.1. The molecule has 0 saturated carbocycles. The zero-order valence-electron chi connectivity index (χ0n) is 16.6. The van der Waals surface area contributed by atoms with Crippen LogP contribution in [-0.4, -0.2) is 16.0 Å². The van der Waals surface area contributed by atoms with Crippen molar-refractivity contribution in [2.75, 3.05) is 0 Å². The Morgan fingerprint density at radius 1 is 1.10 bits per heavy atom. The SMILES string of the molecule is CC(C)(C)c1ccc(-c2noc(CNC(=O)CCc3ccc(Cl)cc3Cl)n2)cc1. The molecular formula is C22H23Cl2N3O2. The topological polar surface area (TPSA) is 68.0 Å². The van der Waals surface area contributed by atoms with Crippen molar-refractivity contribution < 1.29 is 9.32 Å². The molecular weight excluding hydrogens is 409 g/mol. The first-order valence-electron chi connectivity index (χ1n) is 9.36. The number of halogens is 2. The summed E-state index contributed by atoms with van der Waals surface area (Å²) in [5.74, 6) is 0.741. The molecule has 1 heterocycles. The van der Waals surface area contributed by atoms with Crippen LogP contribution >= 0.6 is 23.2 Å². The lowest BCUT2D eigenvalue weighted by Crippen LogP contribution is -2.23. The number of carbonyl (C=O) groups is 1. The standard InChI is InChI=1S/C22H23Cl2N3O2/c1-22(2,3)16-8-4-15(5-9-16)21-26-20(29-27-21)13-25-19(28)11-7-14-6-10-17(23)12-18(14)24/h4-6,8-10,12H,7,11,13H2,1-3H3,(H,25,28). The maximum Gasteiger partial charge on any atom is 0.246 e. The molecule has 1 amide bonds. The van der Waals surface area contributed by atoms with Gasteiger partial charge in [-0.1, -0.05) is 79.5 Å². The van der Waals surface area contributed by atoms with E-state index in [0.29, 0.717) is 34.6 Å². The number of benzene rings is 2. The van der Waals surface area contributed by atoms with E-state index in [0.717, 1.165) is 11.1 Å². The minimum atomic E-state index is -0.120. The molecule has 1 aromatic heterocycles. The third-order valence-corrected chi connectivity index (χ3v) is 5.14. The number of rotatable bonds is 6. The highest BCUT2D eigenvalue weighted by Gasteiger charge is 2.15. The second kappa shape index (κ2) is 8.97. The normalized spacial score (nSPS) is 11.5. The Kier molecular flexibility index (Phi) is 6.60. The quantitative estimate of drug-likeness (QED) is 0.552. The minimum absolute atomic E-state index is 0.0848. The molecule has 0 saturated heterocycles. The summed E-state index contributed by atoms with van der Waals surface area (Å²) in [6.45, 7) is 6.67. The molecule has 152 valence electrons. The van der Waals surface area contributed by atoms with Crippen molar-refractivity contribution in [2.45, 2.75) is 45.6 Å². The molecule has 7 heteroatoms. The molecule has 3 rings (SSSR count). The molecule has 0 spiro atoms. The van der Waals surface area contributed by atoms with Gasteiger partial charge in [0.1, 0.15) is 0 Å². The third-order valence-electron chi connectivity index (χ3n) is 4.55. The number of hydrogen-bond donors (Lipinski definition) is 1. The average molecular weight is 432 g/mol. The monoisotopic (exact) mass is 431 g/mol. The second-order valence-corrected chi connectivity index (χ2v) is 8.70. The average Bonchev–Trinajstić information content (AvgIpc) is 3.14. The molecule has 0 aliphatic rings. The van der Waals surface area contributed by atoms with Crippen LogP contribution in [0.15, 0.2) is 47.0 Å². The van der Waals surface area contributed by atoms with Gasteiger partial charge in [-0.3, -0.25) is 4.79 Å². The Balaban J connectivity index is 1.53. The first-order chi connectivity index (χ1) is 13.7. The Hall–Kier alpha value is -2.37. The molecule has 0 aliphatic carbocycles. The molecule has 29 heavy (non-hydrogen) atoms. The minimum Gasteiger partial charge on any atom is -0.347 e. The molecule has 0 radical (unpaired) electrons. The Bertz CT molecular complexity index is 992. The molecule has 0 fully saturated rings. The van der Waals surface area contributed by atoms with E-state index in [9.17, 15) is 4.79 Å². The molecule has 0 bridgehead atoms. The first kappa shape index (κ1) is 21.3. The molecule has 1 N–H and O–H groups in total. The Morgan fingerprint density at radius 3 is 2.48 bits per heavy atom. The Labute approximate surface area is 180 Å². The van der Waals surface area contributed by atoms with E-state index in [-0.39, 0.29) is 17.9 Å². The maximum atomic E-state index is 12.1. The van der Waals surface area contributed by atoms with Gasteiger partial charge >= 0.3 is 0 Å². The largest absolute Gasteiger partial charge is 0.347 e. The van der Waals surface area contributed by atoms with E-state index in [1.54, 1.807) is 12.1 Å². The highest BCUT2D eigenvalue weighted by molar-refractivity contribution is 6.35. The summed E-state index contributed by atoms with van der Waals surface area (Å²) in [6.07, 6.45) is 0.827. The van der Waals surface area contributed by atoms with E-state index in [2.05, 4.69) is 48.4 Å². The van der Waals surface area contributed by atoms with E-state index in [1.165, 1.54) is 5.56 Å². The van der Waals surface area contributed by atoms with Gasteiger partial charge in [-0.25, -0.2) is 0 Å². The van der Waals surface area contributed by atoms with Crippen molar-refractivity contribution >= 4 is 29.1 Å². The smallest absolute Gasteiger partial charge is 0.246 e. The van der Waals surface area contributed by atoms with E-state index in [4.69, 9.17) is 27.7 Å². The number of aromatic nitrogens is 2. The van der Waals surface area contributed by atoms with Crippen molar-refractivity contribution in [3.8, 4) is 11.4 Å². The van der Waals surface area contributed by atoms with E-state index >= 15 is 0 Å². The zero-order chi connectivity index (χ0) is 21.0. The fourth-order valence-corrected chi connectivity index (χ4v) is 3.30. The summed E-state index contributed by atoms with van der Waals surface area (Å²) in [5.41, 5.74) is 3.07. The highest BCUT2D eigenvalue weighted by atomic mass is 35.5. The van der Waals surface area contributed by atoms with Crippen LogP contribution in [0.25, 0.3) is 11.4 Å². The lowest BCUT2D eigenvalue weighted by molar-refractivity contribution is -0.121. The van der Waals surface area contributed by atoms with Gasteiger partial charge in [-0.15, -0.1) is 0 Å². The summed E-state index contributed by atoms with van der Waals surface area (Å²) in [5, 5.41) is 7.92. The molecule has 5 nitrogen and oxygen atoms in total. The van der Waals surface area contributed by atoms with Crippen molar-refractivity contribution in [3.63, 3.8) is 0 Å². The molecule has 0 unspecified atom stereocenters. The molecule has 2 aromatic carbocycles. The van der Waals surface area contributed by atoms with Crippen molar-refractivity contribution in [1.29, 1.82) is 0 Å². The van der Waals surface area contributed by atoms with Crippen LogP contribution < -0.4 is 5.32 Å². The van der Waals surface area contributed by atoms with Crippen LogP contribution in [0.2, 0.25) is 10.0 Å². The fraction of sp³-hybridized carbons (Fsp3) is 0.318.